The average molecular weight is 375 g/mol. The number of anilines is 2. The minimum Gasteiger partial charge on any atom is -0.354 e. The van der Waals surface area contributed by atoms with Crippen molar-refractivity contribution in [2.24, 2.45) is 0 Å². The molecule has 6 rings (SSSR count). The Morgan fingerprint density at radius 1 is 0.571 bits per heavy atom. The molecule has 1 aromatic heterocycles. The number of nitrogens with one attached hydrogen (secondary N) is 1. The molecule has 0 saturated carbocycles. The smallest absolute Gasteiger partial charge is 0.0596 e. The second-order valence-electron chi connectivity index (χ2n) is 7.13. The summed E-state index contributed by atoms with van der Waals surface area (Å²) in [5.74, 6) is 0. The Labute approximate surface area is 166 Å². The molecule has 0 unspecified atom stereocenters. The van der Waals surface area contributed by atoms with Crippen LogP contribution in [0.25, 0.3) is 41.7 Å². The standard InChI is InChI=1S/C26H17NS/c1-2-8-18-15-20(14-13-17(18)7-1)27-23-16-19-9-3-4-10-21(19)25-22-11-5-6-12-24(22)28-26(23)25/h1-16,27H. The first kappa shape index (κ1) is 15.7. The van der Waals surface area contributed by atoms with E-state index in [1.165, 1.54) is 47.4 Å². The van der Waals surface area contributed by atoms with E-state index in [9.17, 15) is 0 Å². The summed E-state index contributed by atoms with van der Waals surface area (Å²) in [6.07, 6.45) is 0. The third-order valence-electron chi connectivity index (χ3n) is 5.40. The van der Waals surface area contributed by atoms with Crippen molar-refractivity contribution in [2.75, 3.05) is 5.32 Å². The van der Waals surface area contributed by atoms with Crippen molar-refractivity contribution in [3.05, 3.63) is 97.1 Å². The predicted molar refractivity (Wildman–Crippen MR) is 124 cm³/mol. The van der Waals surface area contributed by atoms with Gasteiger partial charge in [0.2, 0.25) is 0 Å². The predicted octanol–water partition coefficient (Wildman–Crippen LogP) is 8.10. The highest BCUT2D eigenvalue weighted by Crippen LogP contribution is 2.43. The zero-order valence-corrected chi connectivity index (χ0v) is 16.0. The molecule has 0 amide bonds. The van der Waals surface area contributed by atoms with Gasteiger partial charge >= 0.3 is 0 Å². The normalized spacial score (nSPS) is 11.6. The Bertz CT molecular complexity index is 1490. The maximum atomic E-state index is 3.70. The van der Waals surface area contributed by atoms with Crippen molar-refractivity contribution in [1.82, 2.24) is 0 Å². The molecule has 0 bridgehead atoms. The lowest BCUT2D eigenvalue weighted by molar-refractivity contribution is 1.62. The van der Waals surface area contributed by atoms with Crippen molar-refractivity contribution in [1.29, 1.82) is 0 Å². The molecule has 0 atom stereocenters. The van der Waals surface area contributed by atoms with Gasteiger partial charge in [-0.15, -0.1) is 11.3 Å². The molecule has 132 valence electrons. The lowest BCUT2D eigenvalue weighted by Crippen LogP contribution is -1.91. The molecule has 5 aromatic carbocycles. The number of benzene rings is 5. The van der Waals surface area contributed by atoms with Gasteiger partial charge in [-0.1, -0.05) is 72.8 Å². The minimum atomic E-state index is 1.12. The fourth-order valence-electron chi connectivity index (χ4n) is 4.09. The molecular weight excluding hydrogens is 358 g/mol. The van der Waals surface area contributed by atoms with Gasteiger partial charge in [0.1, 0.15) is 0 Å². The lowest BCUT2D eigenvalue weighted by Gasteiger charge is -2.11. The van der Waals surface area contributed by atoms with Crippen LogP contribution in [0.1, 0.15) is 0 Å². The second kappa shape index (κ2) is 6.08. The Morgan fingerprint density at radius 2 is 1.29 bits per heavy atom. The molecular formula is C26H17NS. The van der Waals surface area contributed by atoms with Gasteiger partial charge in [0, 0.05) is 21.2 Å². The molecule has 1 heterocycles. The maximum absolute atomic E-state index is 3.70. The number of hydrogen-bond donors (Lipinski definition) is 1. The molecule has 2 heteroatoms. The maximum Gasteiger partial charge on any atom is 0.0596 e. The van der Waals surface area contributed by atoms with E-state index >= 15 is 0 Å². The van der Waals surface area contributed by atoms with Crippen LogP contribution in [-0.4, -0.2) is 0 Å². The van der Waals surface area contributed by atoms with Crippen LogP contribution in [0.3, 0.4) is 0 Å². The molecule has 0 saturated heterocycles. The molecule has 0 aliphatic carbocycles. The molecule has 1 nitrogen and oxygen atoms in total. The molecule has 1 N–H and O–H groups in total. The monoisotopic (exact) mass is 375 g/mol. The molecule has 0 aliphatic heterocycles. The largest absolute Gasteiger partial charge is 0.354 e. The Balaban J connectivity index is 1.62. The van der Waals surface area contributed by atoms with Crippen molar-refractivity contribution in [2.45, 2.75) is 0 Å². The van der Waals surface area contributed by atoms with E-state index in [-0.39, 0.29) is 0 Å². The zero-order chi connectivity index (χ0) is 18.5. The van der Waals surface area contributed by atoms with Gasteiger partial charge in [-0.2, -0.15) is 0 Å². The number of fused-ring (bicyclic) bond motifs is 6. The SMILES string of the molecule is c1ccc2cc(Nc3cc4ccccc4c4c3sc3ccccc34)ccc2c1. The van der Waals surface area contributed by atoms with Gasteiger partial charge in [0.05, 0.1) is 10.4 Å². The Kier molecular flexibility index (Phi) is 3.40. The van der Waals surface area contributed by atoms with Crippen LogP contribution in [0.15, 0.2) is 97.1 Å². The summed E-state index contributed by atoms with van der Waals surface area (Å²) in [6.45, 7) is 0. The highest BCUT2D eigenvalue weighted by atomic mass is 32.1. The first-order chi connectivity index (χ1) is 13.9. The van der Waals surface area contributed by atoms with Crippen LogP contribution in [0.2, 0.25) is 0 Å². The molecule has 28 heavy (non-hydrogen) atoms. The first-order valence-corrected chi connectivity index (χ1v) is 10.3. The summed E-state index contributed by atoms with van der Waals surface area (Å²) < 4.78 is 2.64. The fraction of sp³-hybridized carbons (Fsp3) is 0. The van der Waals surface area contributed by atoms with Crippen molar-refractivity contribution < 1.29 is 0 Å². The van der Waals surface area contributed by atoms with Crippen LogP contribution in [-0.2, 0) is 0 Å². The van der Waals surface area contributed by atoms with Crippen LogP contribution < -0.4 is 5.32 Å². The lowest BCUT2D eigenvalue weighted by atomic mass is 10.0. The summed E-state index contributed by atoms with van der Waals surface area (Å²) >= 11 is 1.86. The topological polar surface area (TPSA) is 12.0 Å². The third kappa shape index (κ3) is 2.39. The van der Waals surface area contributed by atoms with Crippen LogP contribution in [0.5, 0.6) is 0 Å². The van der Waals surface area contributed by atoms with E-state index in [4.69, 9.17) is 0 Å². The van der Waals surface area contributed by atoms with Gasteiger partial charge in [-0.05, 0) is 45.8 Å². The van der Waals surface area contributed by atoms with Crippen LogP contribution >= 0.6 is 11.3 Å². The van der Waals surface area contributed by atoms with E-state index in [1.54, 1.807) is 0 Å². The highest BCUT2D eigenvalue weighted by Gasteiger charge is 2.13. The van der Waals surface area contributed by atoms with Crippen LogP contribution in [0.4, 0.5) is 11.4 Å². The van der Waals surface area contributed by atoms with Crippen molar-refractivity contribution >= 4 is 64.4 Å². The average Bonchev–Trinajstić information content (AvgIpc) is 3.14. The van der Waals surface area contributed by atoms with Gasteiger partial charge in [-0.25, -0.2) is 0 Å². The molecule has 0 radical (unpaired) electrons. The fourth-order valence-corrected chi connectivity index (χ4v) is 5.28. The quantitative estimate of drug-likeness (QED) is 0.322. The number of thiophene rings is 1. The Hall–Kier alpha value is -3.36. The van der Waals surface area contributed by atoms with E-state index in [2.05, 4.69) is 102 Å². The Morgan fingerprint density at radius 3 is 2.18 bits per heavy atom. The number of rotatable bonds is 2. The summed E-state index contributed by atoms with van der Waals surface area (Å²) in [6, 6.07) is 34.7. The molecule has 0 aliphatic rings. The summed E-state index contributed by atoms with van der Waals surface area (Å²) in [5, 5.41) is 11.5. The van der Waals surface area contributed by atoms with Crippen molar-refractivity contribution in [3.63, 3.8) is 0 Å². The third-order valence-corrected chi connectivity index (χ3v) is 6.60. The summed E-state index contributed by atoms with van der Waals surface area (Å²) in [4.78, 5) is 0. The van der Waals surface area contributed by atoms with E-state index in [1.807, 2.05) is 11.3 Å². The first-order valence-electron chi connectivity index (χ1n) is 9.46. The van der Waals surface area contributed by atoms with Crippen LogP contribution in [0, 0.1) is 0 Å². The molecule has 0 fully saturated rings. The minimum absolute atomic E-state index is 1.12. The van der Waals surface area contributed by atoms with Gasteiger partial charge < -0.3 is 5.32 Å². The van der Waals surface area contributed by atoms with E-state index in [0.717, 1.165) is 5.69 Å². The van der Waals surface area contributed by atoms with E-state index < -0.39 is 0 Å². The zero-order valence-electron chi connectivity index (χ0n) is 15.1. The van der Waals surface area contributed by atoms with Gasteiger partial charge in [-0.3, -0.25) is 0 Å². The summed E-state index contributed by atoms with van der Waals surface area (Å²) in [7, 11) is 0. The second-order valence-corrected chi connectivity index (χ2v) is 8.19. The summed E-state index contributed by atoms with van der Waals surface area (Å²) in [5.41, 5.74) is 2.29. The highest BCUT2D eigenvalue weighted by molar-refractivity contribution is 7.26. The van der Waals surface area contributed by atoms with Crippen molar-refractivity contribution in [3.8, 4) is 0 Å². The molecule has 6 aromatic rings. The van der Waals surface area contributed by atoms with Gasteiger partial charge in [0.15, 0.2) is 0 Å². The van der Waals surface area contributed by atoms with Gasteiger partial charge in [0.25, 0.3) is 0 Å². The van der Waals surface area contributed by atoms with E-state index in [0.29, 0.717) is 0 Å². The molecule has 0 spiro atoms. The number of hydrogen-bond acceptors (Lipinski definition) is 2.